The minimum absolute atomic E-state index is 0.128. The van der Waals surface area contributed by atoms with Gasteiger partial charge < -0.3 is 10.5 Å². The summed E-state index contributed by atoms with van der Waals surface area (Å²) < 4.78 is 5.69. The van der Waals surface area contributed by atoms with Gasteiger partial charge in [0.05, 0.1) is 11.6 Å². The average molecular weight is 235 g/mol. The van der Waals surface area contributed by atoms with Crippen LogP contribution in [0.3, 0.4) is 0 Å². The number of hydrogen-bond acceptors (Lipinski definition) is 2. The fraction of sp³-hybridized carbons (Fsp3) is 0.462. The summed E-state index contributed by atoms with van der Waals surface area (Å²) in [6, 6.07) is 6.36. The molecule has 16 heavy (non-hydrogen) atoms. The van der Waals surface area contributed by atoms with Crippen LogP contribution >= 0.6 is 12.2 Å². The second-order valence-corrected chi connectivity index (χ2v) is 4.87. The molecule has 3 heteroatoms. The fourth-order valence-corrected chi connectivity index (χ4v) is 2.01. The van der Waals surface area contributed by atoms with Gasteiger partial charge >= 0.3 is 0 Å². The Morgan fingerprint density at radius 3 is 2.94 bits per heavy atom. The second kappa shape index (κ2) is 4.83. The molecule has 1 aliphatic rings. The Morgan fingerprint density at radius 2 is 2.19 bits per heavy atom. The zero-order valence-electron chi connectivity index (χ0n) is 9.53. The lowest BCUT2D eigenvalue weighted by Crippen LogP contribution is -2.24. The van der Waals surface area contributed by atoms with Gasteiger partial charge in [0.25, 0.3) is 0 Å². The quantitative estimate of drug-likeness (QED) is 0.814. The summed E-state index contributed by atoms with van der Waals surface area (Å²) in [6.07, 6.45) is 3.65. The first kappa shape index (κ1) is 11.4. The molecular formula is C13H17NOS. The molecule has 0 bridgehead atoms. The third kappa shape index (κ3) is 2.53. The van der Waals surface area contributed by atoms with Crippen LogP contribution in [-0.2, 0) is 12.8 Å². The highest BCUT2D eigenvalue weighted by Gasteiger charge is 2.12. The van der Waals surface area contributed by atoms with Crippen molar-refractivity contribution in [2.24, 2.45) is 11.7 Å². The highest BCUT2D eigenvalue weighted by molar-refractivity contribution is 7.80. The van der Waals surface area contributed by atoms with E-state index < -0.39 is 0 Å². The standard InChI is InChI=1S/C13H17NOS/c1-9(13(14)16)8-15-12-6-5-10-3-2-4-11(10)7-12/h5-7,9H,2-4,8H2,1H3,(H2,14,16). The first-order valence-corrected chi connectivity index (χ1v) is 6.11. The number of nitrogens with two attached hydrogens (primary N) is 1. The van der Waals surface area contributed by atoms with Crippen molar-refractivity contribution >= 4 is 17.2 Å². The summed E-state index contributed by atoms with van der Waals surface area (Å²) >= 11 is 4.91. The molecule has 0 saturated heterocycles. The molecule has 0 aliphatic heterocycles. The topological polar surface area (TPSA) is 35.2 Å². The lowest BCUT2D eigenvalue weighted by molar-refractivity contribution is 0.293. The van der Waals surface area contributed by atoms with Crippen molar-refractivity contribution in [1.82, 2.24) is 0 Å². The van der Waals surface area contributed by atoms with Gasteiger partial charge in [0.2, 0.25) is 0 Å². The van der Waals surface area contributed by atoms with Crippen molar-refractivity contribution in [3.8, 4) is 5.75 Å². The molecule has 0 fully saturated rings. The molecule has 1 atom stereocenters. The third-order valence-electron chi connectivity index (χ3n) is 3.06. The normalized spacial score (nSPS) is 15.6. The minimum Gasteiger partial charge on any atom is -0.493 e. The van der Waals surface area contributed by atoms with Gasteiger partial charge in [0.1, 0.15) is 5.75 Å². The van der Waals surface area contributed by atoms with E-state index in [0.717, 1.165) is 5.75 Å². The van der Waals surface area contributed by atoms with E-state index in [-0.39, 0.29) is 5.92 Å². The van der Waals surface area contributed by atoms with Gasteiger partial charge in [0, 0.05) is 5.92 Å². The second-order valence-electron chi connectivity index (χ2n) is 4.40. The van der Waals surface area contributed by atoms with Gasteiger partial charge in [-0.1, -0.05) is 25.2 Å². The van der Waals surface area contributed by atoms with Gasteiger partial charge in [-0.25, -0.2) is 0 Å². The summed E-state index contributed by atoms with van der Waals surface area (Å²) in [5, 5.41) is 0. The van der Waals surface area contributed by atoms with E-state index in [2.05, 4.69) is 12.1 Å². The molecule has 2 rings (SSSR count). The van der Waals surface area contributed by atoms with Gasteiger partial charge in [-0.2, -0.15) is 0 Å². The molecule has 2 nitrogen and oxygen atoms in total. The number of thiocarbonyl (C=S) groups is 1. The Hall–Kier alpha value is -1.09. The Balaban J connectivity index is 1.98. The molecule has 0 radical (unpaired) electrons. The van der Waals surface area contributed by atoms with E-state index in [1.54, 1.807) is 0 Å². The monoisotopic (exact) mass is 235 g/mol. The molecule has 2 N–H and O–H groups in total. The number of benzene rings is 1. The third-order valence-corrected chi connectivity index (χ3v) is 3.46. The van der Waals surface area contributed by atoms with E-state index in [1.807, 2.05) is 13.0 Å². The van der Waals surface area contributed by atoms with Gasteiger partial charge in [-0.05, 0) is 42.5 Å². The van der Waals surface area contributed by atoms with Crippen LogP contribution in [0, 0.1) is 5.92 Å². The molecule has 0 aromatic heterocycles. The molecular weight excluding hydrogens is 218 g/mol. The van der Waals surface area contributed by atoms with Crippen LogP contribution < -0.4 is 10.5 Å². The van der Waals surface area contributed by atoms with Crippen LogP contribution in [0.5, 0.6) is 5.75 Å². The zero-order chi connectivity index (χ0) is 11.5. The maximum Gasteiger partial charge on any atom is 0.119 e. The van der Waals surface area contributed by atoms with E-state index in [4.69, 9.17) is 22.7 Å². The van der Waals surface area contributed by atoms with E-state index in [1.165, 1.54) is 30.4 Å². The maximum atomic E-state index is 5.69. The van der Waals surface area contributed by atoms with Crippen LogP contribution in [0.2, 0.25) is 0 Å². The first-order chi connectivity index (χ1) is 7.66. The zero-order valence-corrected chi connectivity index (χ0v) is 10.3. The fourth-order valence-electron chi connectivity index (χ4n) is 1.94. The van der Waals surface area contributed by atoms with Gasteiger partial charge in [-0.15, -0.1) is 0 Å². The van der Waals surface area contributed by atoms with Crippen LogP contribution in [0.25, 0.3) is 0 Å². The molecule has 0 saturated carbocycles. The summed E-state index contributed by atoms with van der Waals surface area (Å²) in [5.74, 6) is 1.06. The van der Waals surface area contributed by atoms with Gasteiger partial charge in [0.15, 0.2) is 0 Å². The van der Waals surface area contributed by atoms with E-state index >= 15 is 0 Å². The van der Waals surface area contributed by atoms with Crippen molar-refractivity contribution in [3.63, 3.8) is 0 Å². The number of rotatable bonds is 4. The number of hydrogen-bond donors (Lipinski definition) is 1. The molecule has 1 aromatic carbocycles. The minimum atomic E-state index is 0.128. The summed E-state index contributed by atoms with van der Waals surface area (Å²) in [5.41, 5.74) is 8.44. The van der Waals surface area contributed by atoms with Crippen molar-refractivity contribution in [2.45, 2.75) is 26.2 Å². The lowest BCUT2D eigenvalue weighted by Gasteiger charge is -2.12. The van der Waals surface area contributed by atoms with Crippen LogP contribution in [-0.4, -0.2) is 11.6 Å². The number of aryl methyl sites for hydroxylation is 2. The Bertz CT molecular complexity index is 403. The first-order valence-electron chi connectivity index (χ1n) is 5.71. The van der Waals surface area contributed by atoms with Crippen molar-refractivity contribution in [3.05, 3.63) is 29.3 Å². The van der Waals surface area contributed by atoms with E-state index in [9.17, 15) is 0 Å². The Kier molecular flexibility index (Phi) is 3.44. The largest absolute Gasteiger partial charge is 0.493 e. The Morgan fingerprint density at radius 1 is 1.44 bits per heavy atom. The van der Waals surface area contributed by atoms with Gasteiger partial charge in [-0.3, -0.25) is 0 Å². The molecule has 1 aromatic rings. The molecule has 0 heterocycles. The summed E-state index contributed by atoms with van der Waals surface area (Å²) in [7, 11) is 0. The summed E-state index contributed by atoms with van der Waals surface area (Å²) in [4.78, 5) is 0.515. The SMILES string of the molecule is CC(COc1ccc2c(c1)CCC2)C(N)=S. The highest BCUT2D eigenvalue weighted by atomic mass is 32.1. The molecule has 1 aliphatic carbocycles. The maximum absolute atomic E-state index is 5.69. The molecule has 0 spiro atoms. The lowest BCUT2D eigenvalue weighted by atomic mass is 10.1. The predicted octanol–water partition coefficient (Wildman–Crippen LogP) is 2.48. The number of fused-ring (bicyclic) bond motifs is 1. The number of ether oxygens (including phenoxy) is 1. The average Bonchev–Trinajstić information content (AvgIpc) is 2.72. The van der Waals surface area contributed by atoms with Crippen LogP contribution in [0.15, 0.2) is 18.2 Å². The Labute approximate surface area is 102 Å². The summed E-state index contributed by atoms with van der Waals surface area (Å²) in [6.45, 7) is 2.55. The predicted molar refractivity (Wildman–Crippen MR) is 69.9 cm³/mol. The van der Waals surface area contributed by atoms with Crippen LogP contribution in [0.4, 0.5) is 0 Å². The van der Waals surface area contributed by atoms with Crippen molar-refractivity contribution < 1.29 is 4.74 Å². The van der Waals surface area contributed by atoms with Crippen molar-refractivity contribution in [2.75, 3.05) is 6.61 Å². The van der Waals surface area contributed by atoms with E-state index in [0.29, 0.717) is 11.6 Å². The smallest absolute Gasteiger partial charge is 0.119 e. The molecule has 0 amide bonds. The van der Waals surface area contributed by atoms with Crippen LogP contribution in [0.1, 0.15) is 24.5 Å². The highest BCUT2D eigenvalue weighted by Crippen LogP contribution is 2.26. The molecule has 86 valence electrons. The molecule has 1 unspecified atom stereocenters. The van der Waals surface area contributed by atoms with Crippen molar-refractivity contribution in [1.29, 1.82) is 0 Å².